The Labute approximate surface area is 180 Å². The van der Waals surface area contributed by atoms with Crippen LogP contribution in [0.15, 0.2) is 78.2 Å². The first-order valence-corrected chi connectivity index (χ1v) is 11.0. The number of nitrogens with one attached hydrogen (secondary N) is 1. The first-order chi connectivity index (χ1) is 14.7. The Kier molecular flexibility index (Phi) is 4.86. The summed E-state index contributed by atoms with van der Waals surface area (Å²) in [5.41, 5.74) is 2.60. The number of thiazole rings is 1. The first-order valence-electron chi connectivity index (χ1n) is 9.27. The van der Waals surface area contributed by atoms with Gasteiger partial charge in [0.1, 0.15) is 5.82 Å². The van der Waals surface area contributed by atoms with Crippen LogP contribution in [0.3, 0.4) is 0 Å². The second-order valence-electron chi connectivity index (χ2n) is 6.72. The van der Waals surface area contributed by atoms with E-state index < -0.39 is 0 Å². The lowest BCUT2D eigenvalue weighted by Gasteiger charge is -1.99. The number of benzene rings is 3. The average Bonchev–Trinajstić information content (AvgIpc) is 3.37. The molecule has 1 N–H and O–H groups in total. The number of amides is 1. The van der Waals surface area contributed by atoms with Gasteiger partial charge in [0.05, 0.1) is 5.69 Å². The zero-order chi connectivity index (χ0) is 20.5. The first kappa shape index (κ1) is 18.7. The van der Waals surface area contributed by atoms with Gasteiger partial charge < -0.3 is 0 Å². The van der Waals surface area contributed by atoms with Crippen LogP contribution in [0.25, 0.3) is 37.5 Å². The molecular formula is C24H15FN2OS2. The van der Waals surface area contributed by atoms with E-state index in [0.717, 1.165) is 16.8 Å². The number of halogens is 1. The molecule has 0 radical (unpaired) electrons. The number of anilines is 1. The molecule has 2 aromatic heterocycles. The molecule has 0 fully saturated rings. The summed E-state index contributed by atoms with van der Waals surface area (Å²) in [5.74, 6) is -0.583. The summed E-state index contributed by atoms with van der Waals surface area (Å²) < 4.78 is 15.5. The molecule has 2 heterocycles. The molecule has 0 bridgehead atoms. The quantitative estimate of drug-likeness (QED) is 0.313. The third-order valence-electron chi connectivity index (χ3n) is 4.70. The number of rotatable bonds is 4. The Bertz CT molecular complexity index is 1400. The van der Waals surface area contributed by atoms with E-state index in [0.29, 0.717) is 5.13 Å². The maximum Gasteiger partial charge on any atom is 0.250 e. The minimum absolute atomic E-state index is 0.278. The summed E-state index contributed by atoms with van der Waals surface area (Å²) in [6.07, 6.45) is 3.05. The highest BCUT2D eigenvalue weighted by atomic mass is 32.1. The molecule has 0 atom stereocenters. The molecule has 1 amide bonds. The van der Waals surface area contributed by atoms with Gasteiger partial charge in [-0.05, 0) is 42.0 Å². The van der Waals surface area contributed by atoms with Crippen LogP contribution in [0.5, 0.6) is 0 Å². The predicted molar refractivity (Wildman–Crippen MR) is 125 cm³/mol. The fraction of sp³-hybridized carbons (Fsp3) is 0. The van der Waals surface area contributed by atoms with Gasteiger partial charge in [-0.25, -0.2) is 9.37 Å². The topological polar surface area (TPSA) is 42.0 Å². The molecule has 3 aromatic carbocycles. The van der Waals surface area contributed by atoms with E-state index in [1.54, 1.807) is 29.5 Å². The lowest BCUT2D eigenvalue weighted by atomic mass is 10.1. The van der Waals surface area contributed by atoms with Gasteiger partial charge >= 0.3 is 0 Å². The standard InChI is InChI=1S/C24H15FN2OS2/c25-17-9-5-15(6-10-17)7-12-23(28)27-24-26-20(14-29-24)16-8-11-22-19(13-16)18-3-1-2-4-21(18)30-22/h1-14H,(H,26,27,28)/b12-7+. The molecule has 0 saturated heterocycles. The van der Waals surface area contributed by atoms with Crippen molar-refractivity contribution in [1.82, 2.24) is 4.98 Å². The number of thiophene rings is 1. The van der Waals surface area contributed by atoms with Gasteiger partial charge in [0.2, 0.25) is 5.91 Å². The molecule has 5 aromatic rings. The number of hydrogen-bond acceptors (Lipinski definition) is 4. The summed E-state index contributed by atoms with van der Waals surface area (Å²) in [6.45, 7) is 0. The molecule has 146 valence electrons. The monoisotopic (exact) mass is 430 g/mol. The highest BCUT2D eigenvalue weighted by Gasteiger charge is 2.10. The van der Waals surface area contributed by atoms with Gasteiger partial charge in [0.15, 0.2) is 5.13 Å². The Morgan fingerprint density at radius 3 is 2.63 bits per heavy atom. The summed E-state index contributed by atoms with van der Waals surface area (Å²) in [5, 5.41) is 7.72. The number of fused-ring (bicyclic) bond motifs is 3. The van der Waals surface area contributed by atoms with E-state index in [4.69, 9.17) is 0 Å². The summed E-state index contributed by atoms with van der Waals surface area (Å²) in [4.78, 5) is 16.7. The molecule has 5 rings (SSSR count). The molecular weight excluding hydrogens is 415 g/mol. The van der Waals surface area contributed by atoms with Crippen LogP contribution < -0.4 is 5.32 Å². The lowest BCUT2D eigenvalue weighted by Crippen LogP contribution is -2.07. The van der Waals surface area contributed by atoms with Crippen LogP contribution in [-0.2, 0) is 4.79 Å². The van der Waals surface area contributed by atoms with E-state index in [1.807, 2.05) is 5.38 Å². The van der Waals surface area contributed by atoms with Gasteiger partial charge in [0.25, 0.3) is 0 Å². The van der Waals surface area contributed by atoms with Gasteiger partial charge in [-0.1, -0.05) is 36.4 Å². The van der Waals surface area contributed by atoms with Gasteiger partial charge in [-0.2, -0.15) is 0 Å². The zero-order valence-electron chi connectivity index (χ0n) is 15.6. The number of hydrogen-bond donors (Lipinski definition) is 1. The summed E-state index contributed by atoms with van der Waals surface area (Å²) in [6, 6.07) is 20.7. The summed E-state index contributed by atoms with van der Waals surface area (Å²) in [7, 11) is 0. The van der Waals surface area contributed by atoms with Crippen molar-refractivity contribution in [3.05, 3.63) is 89.6 Å². The fourth-order valence-electron chi connectivity index (χ4n) is 3.24. The lowest BCUT2D eigenvalue weighted by molar-refractivity contribution is -0.111. The Morgan fingerprint density at radius 1 is 0.967 bits per heavy atom. The maximum atomic E-state index is 13.0. The smallest absolute Gasteiger partial charge is 0.250 e. The number of nitrogens with zero attached hydrogens (tertiary/aromatic N) is 1. The van der Waals surface area contributed by atoms with Crippen LogP contribution in [0, 0.1) is 5.82 Å². The molecule has 3 nitrogen and oxygen atoms in total. The highest BCUT2D eigenvalue weighted by molar-refractivity contribution is 7.25. The van der Waals surface area contributed by atoms with E-state index in [2.05, 4.69) is 52.8 Å². The van der Waals surface area contributed by atoms with E-state index in [9.17, 15) is 9.18 Å². The molecule has 0 aliphatic heterocycles. The van der Waals surface area contributed by atoms with Gasteiger partial charge in [-0.15, -0.1) is 22.7 Å². The molecule has 0 spiro atoms. The number of carbonyl (C=O) groups excluding carboxylic acids is 1. The molecule has 0 aliphatic carbocycles. The van der Waals surface area contributed by atoms with Crippen molar-refractivity contribution in [3.63, 3.8) is 0 Å². The van der Waals surface area contributed by atoms with Crippen LogP contribution >= 0.6 is 22.7 Å². The Balaban J connectivity index is 1.35. The van der Waals surface area contributed by atoms with Crippen molar-refractivity contribution in [1.29, 1.82) is 0 Å². The van der Waals surface area contributed by atoms with Crippen molar-refractivity contribution >= 4 is 60.0 Å². The Morgan fingerprint density at radius 2 is 1.77 bits per heavy atom. The zero-order valence-corrected chi connectivity index (χ0v) is 17.3. The van der Waals surface area contributed by atoms with E-state index in [1.165, 1.54) is 49.7 Å². The second-order valence-corrected chi connectivity index (χ2v) is 8.66. The number of carbonyl (C=O) groups is 1. The molecule has 6 heteroatoms. The highest BCUT2D eigenvalue weighted by Crippen LogP contribution is 2.36. The van der Waals surface area contributed by atoms with Gasteiger partial charge in [0, 0.05) is 37.2 Å². The minimum atomic E-state index is -0.305. The van der Waals surface area contributed by atoms with Gasteiger partial charge in [-0.3, -0.25) is 10.1 Å². The normalized spacial score (nSPS) is 11.5. The largest absolute Gasteiger partial charge is 0.298 e. The summed E-state index contributed by atoms with van der Waals surface area (Å²) >= 11 is 3.16. The predicted octanol–water partition coefficient (Wildman–Crippen LogP) is 6.97. The van der Waals surface area contributed by atoms with Crippen LogP contribution in [0.2, 0.25) is 0 Å². The van der Waals surface area contributed by atoms with E-state index in [-0.39, 0.29) is 11.7 Å². The third-order valence-corrected chi connectivity index (χ3v) is 6.61. The second kappa shape index (κ2) is 7.82. The van der Waals surface area contributed by atoms with Crippen molar-refractivity contribution in [2.45, 2.75) is 0 Å². The Hall–Kier alpha value is -3.35. The van der Waals surface area contributed by atoms with Crippen LogP contribution in [-0.4, -0.2) is 10.9 Å². The van der Waals surface area contributed by atoms with Crippen molar-refractivity contribution in [2.75, 3.05) is 5.32 Å². The molecule has 0 aliphatic rings. The fourth-order valence-corrected chi connectivity index (χ4v) is 5.05. The van der Waals surface area contributed by atoms with Crippen LogP contribution in [0.4, 0.5) is 9.52 Å². The SMILES string of the molecule is O=C(/C=C/c1ccc(F)cc1)Nc1nc(-c2ccc3sc4ccccc4c3c2)cs1. The van der Waals surface area contributed by atoms with Crippen molar-refractivity contribution in [2.24, 2.45) is 0 Å². The molecule has 30 heavy (non-hydrogen) atoms. The molecule has 0 saturated carbocycles. The van der Waals surface area contributed by atoms with E-state index >= 15 is 0 Å². The minimum Gasteiger partial charge on any atom is -0.298 e. The maximum absolute atomic E-state index is 13.0. The van der Waals surface area contributed by atoms with Crippen LogP contribution in [0.1, 0.15) is 5.56 Å². The number of aromatic nitrogens is 1. The molecule has 0 unspecified atom stereocenters. The van der Waals surface area contributed by atoms with Crippen molar-refractivity contribution in [3.8, 4) is 11.3 Å². The van der Waals surface area contributed by atoms with Crippen molar-refractivity contribution < 1.29 is 9.18 Å². The average molecular weight is 431 g/mol. The third kappa shape index (κ3) is 3.75.